The summed E-state index contributed by atoms with van der Waals surface area (Å²) in [5.41, 5.74) is 1.32. The number of benzene rings is 1. The highest BCUT2D eigenvalue weighted by molar-refractivity contribution is 5.37. The minimum Gasteiger partial charge on any atom is -0.380 e. The summed E-state index contributed by atoms with van der Waals surface area (Å²) in [4.78, 5) is 0. The highest BCUT2D eigenvalue weighted by Crippen LogP contribution is 2.08. The lowest BCUT2D eigenvalue weighted by molar-refractivity contribution is 0.218. The summed E-state index contributed by atoms with van der Waals surface area (Å²) in [5.74, 6) is 5.39. The van der Waals surface area contributed by atoms with E-state index in [-0.39, 0.29) is 5.82 Å². The third kappa shape index (κ3) is 4.04. The van der Waals surface area contributed by atoms with E-state index in [0.29, 0.717) is 12.0 Å². The third-order valence-electron chi connectivity index (χ3n) is 2.37. The number of unbranched alkanes of at least 4 members (excludes halogenated alkanes) is 1. The summed E-state index contributed by atoms with van der Waals surface area (Å²) in [5, 5.41) is 9.52. The Balaban J connectivity index is 2.65. The van der Waals surface area contributed by atoms with Crippen molar-refractivity contribution in [3.63, 3.8) is 0 Å². The molecule has 2 heteroatoms. The topological polar surface area (TPSA) is 20.2 Å². The van der Waals surface area contributed by atoms with Crippen molar-refractivity contribution in [3.8, 4) is 11.8 Å². The Morgan fingerprint density at radius 3 is 2.81 bits per heavy atom. The van der Waals surface area contributed by atoms with Gasteiger partial charge < -0.3 is 5.11 Å². The molecule has 0 aliphatic heterocycles. The lowest BCUT2D eigenvalue weighted by Gasteiger charge is -2.00. The van der Waals surface area contributed by atoms with Crippen LogP contribution in [0.3, 0.4) is 0 Å². The predicted molar refractivity (Wildman–Crippen MR) is 63.5 cm³/mol. The summed E-state index contributed by atoms with van der Waals surface area (Å²) in [6, 6.07) is 4.72. The molecule has 0 saturated heterocycles. The van der Waals surface area contributed by atoms with E-state index in [1.165, 1.54) is 6.07 Å². The standard InChI is InChI=1S/C14H17FO/c1-3-4-5-13(16)8-6-12-7-9-14(15)11(2)10-12/h7,9-10,13,16H,3-5H2,1-2H3. The van der Waals surface area contributed by atoms with E-state index in [0.717, 1.165) is 18.4 Å². The first-order valence-electron chi connectivity index (χ1n) is 5.59. The summed E-state index contributed by atoms with van der Waals surface area (Å²) in [7, 11) is 0. The van der Waals surface area contributed by atoms with Gasteiger partial charge in [-0.1, -0.05) is 31.6 Å². The summed E-state index contributed by atoms with van der Waals surface area (Å²) in [6.07, 6.45) is 2.14. The Morgan fingerprint density at radius 1 is 1.44 bits per heavy atom. The van der Waals surface area contributed by atoms with Gasteiger partial charge in [0, 0.05) is 5.56 Å². The van der Waals surface area contributed by atoms with Gasteiger partial charge in [-0.2, -0.15) is 0 Å². The van der Waals surface area contributed by atoms with E-state index in [4.69, 9.17) is 0 Å². The quantitative estimate of drug-likeness (QED) is 0.776. The molecule has 0 radical (unpaired) electrons. The van der Waals surface area contributed by atoms with Gasteiger partial charge in [0.2, 0.25) is 0 Å². The normalized spacial score (nSPS) is 11.8. The van der Waals surface area contributed by atoms with Crippen molar-refractivity contribution < 1.29 is 9.50 Å². The van der Waals surface area contributed by atoms with Crippen LogP contribution in [-0.4, -0.2) is 11.2 Å². The number of aliphatic hydroxyl groups is 1. The molecule has 1 aromatic carbocycles. The molecule has 0 aliphatic carbocycles. The summed E-state index contributed by atoms with van der Waals surface area (Å²) < 4.78 is 13.0. The highest BCUT2D eigenvalue weighted by atomic mass is 19.1. The van der Waals surface area contributed by atoms with E-state index in [9.17, 15) is 9.50 Å². The molecule has 16 heavy (non-hydrogen) atoms. The first-order valence-corrected chi connectivity index (χ1v) is 5.59. The van der Waals surface area contributed by atoms with Crippen molar-refractivity contribution >= 4 is 0 Å². The molecule has 86 valence electrons. The fraction of sp³-hybridized carbons (Fsp3) is 0.429. The molecule has 1 unspecified atom stereocenters. The zero-order valence-corrected chi connectivity index (χ0v) is 9.76. The highest BCUT2D eigenvalue weighted by Gasteiger charge is 1.98. The maximum Gasteiger partial charge on any atom is 0.126 e. The van der Waals surface area contributed by atoms with Crippen molar-refractivity contribution in [1.82, 2.24) is 0 Å². The van der Waals surface area contributed by atoms with Crippen LogP contribution in [0.25, 0.3) is 0 Å². The molecule has 0 spiro atoms. The molecule has 0 bridgehead atoms. The number of halogens is 1. The van der Waals surface area contributed by atoms with Gasteiger partial charge in [-0.3, -0.25) is 0 Å². The van der Waals surface area contributed by atoms with Crippen LogP contribution < -0.4 is 0 Å². The molecule has 0 fully saturated rings. The van der Waals surface area contributed by atoms with E-state index < -0.39 is 6.10 Å². The number of hydrogen-bond acceptors (Lipinski definition) is 1. The Hall–Kier alpha value is -1.33. The van der Waals surface area contributed by atoms with Gasteiger partial charge in [0.25, 0.3) is 0 Å². The van der Waals surface area contributed by atoms with Gasteiger partial charge >= 0.3 is 0 Å². The minimum atomic E-state index is -0.578. The Bertz CT molecular complexity index is 401. The molecule has 0 amide bonds. The fourth-order valence-electron chi connectivity index (χ4n) is 1.36. The molecule has 1 rings (SSSR count). The van der Waals surface area contributed by atoms with Crippen molar-refractivity contribution in [2.24, 2.45) is 0 Å². The van der Waals surface area contributed by atoms with Crippen LogP contribution in [0.2, 0.25) is 0 Å². The number of aliphatic hydroxyl groups excluding tert-OH is 1. The predicted octanol–water partition coefficient (Wildman–Crippen LogP) is 3.04. The van der Waals surface area contributed by atoms with E-state index in [1.807, 2.05) is 0 Å². The van der Waals surface area contributed by atoms with Gasteiger partial charge in [0.15, 0.2) is 0 Å². The van der Waals surface area contributed by atoms with Crippen molar-refractivity contribution in [2.45, 2.75) is 39.2 Å². The Morgan fingerprint density at radius 2 is 2.19 bits per heavy atom. The zero-order chi connectivity index (χ0) is 12.0. The van der Waals surface area contributed by atoms with Gasteiger partial charge in [-0.05, 0) is 37.1 Å². The van der Waals surface area contributed by atoms with Crippen molar-refractivity contribution in [2.75, 3.05) is 0 Å². The maximum atomic E-state index is 13.0. The minimum absolute atomic E-state index is 0.225. The second-order valence-electron chi connectivity index (χ2n) is 3.89. The number of aryl methyl sites for hydroxylation is 1. The lowest BCUT2D eigenvalue weighted by Crippen LogP contribution is -2.01. The van der Waals surface area contributed by atoms with Gasteiger partial charge in [-0.25, -0.2) is 4.39 Å². The second kappa shape index (κ2) is 6.30. The molecule has 1 atom stereocenters. The molecule has 0 aromatic heterocycles. The van der Waals surface area contributed by atoms with E-state index in [2.05, 4.69) is 18.8 Å². The van der Waals surface area contributed by atoms with Crippen LogP contribution in [0.15, 0.2) is 18.2 Å². The molecule has 1 N–H and O–H groups in total. The summed E-state index contributed by atoms with van der Waals surface area (Å²) in [6.45, 7) is 3.78. The lowest BCUT2D eigenvalue weighted by atomic mass is 10.1. The molecule has 0 heterocycles. The van der Waals surface area contributed by atoms with Crippen LogP contribution >= 0.6 is 0 Å². The Kier molecular flexibility index (Phi) is 5.01. The molecule has 0 saturated carbocycles. The largest absolute Gasteiger partial charge is 0.380 e. The number of hydrogen-bond donors (Lipinski definition) is 1. The molecular weight excluding hydrogens is 203 g/mol. The van der Waals surface area contributed by atoms with Crippen LogP contribution in [0.1, 0.15) is 37.3 Å². The second-order valence-corrected chi connectivity index (χ2v) is 3.89. The van der Waals surface area contributed by atoms with Gasteiger partial charge in [0.05, 0.1) is 0 Å². The summed E-state index contributed by atoms with van der Waals surface area (Å²) >= 11 is 0. The average Bonchev–Trinajstić information content (AvgIpc) is 2.28. The van der Waals surface area contributed by atoms with Crippen molar-refractivity contribution in [3.05, 3.63) is 35.1 Å². The number of rotatable bonds is 3. The fourth-order valence-corrected chi connectivity index (χ4v) is 1.36. The smallest absolute Gasteiger partial charge is 0.126 e. The van der Waals surface area contributed by atoms with Gasteiger partial charge in [0.1, 0.15) is 11.9 Å². The van der Waals surface area contributed by atoms with Gasteiger partial charge in [-0.15, -0.1) is 0 Å². The van der Waals surface area contributed by atoms with Crippen LogP contribution in [-0.2, 0) is 0 Å². The first-order chi connectivity index (χ1) is 7.63. The monoisotopic (exact) mass is 220 g/mol. The zero-order valence-electron chi connectivity index (χ0n) is 9.76. The van der Waals surface area contributed by atoms with Crippen molar-refractivity contribution in [1.29, 1.82) is 0 Å². The molecular formula is C14H17FO. The van der Waals surface area contributed by atoms with E-state index >= 15 is 0 Å². The first kappa shape index (κ1) is 12.7. The maximum absolute atomic E-state index is 13.0. The third-order valence-corrected chi connectivity index (χ3v) is 2.37. The molecule has 0 aliphatic rings. The van der Waals surface area contributed by atoms with Crippen LogP contribution in [0, 0.1) is 24.6 Å². The Labute approximate surface area is 96.3 Å². The van der Waals surface area contributed by atoms with Crippen LogP contribution in [0.4, 0.5) is 4.39 Å². The molecule has 1 aromatic rings. The molecule has 1 nitrogen and oxygen atoms in total. The SMILES string of the molecule is CCCCC(O)C#Cc1ccc(F)c(C)c1. The average molecular weight is 220 g/mol. The van der Waals surface area contributed by atoms with Crippen LogP contribution in [0.5, 0.6) is 0 Å². The van der Waals surface area contributed by atoms with E-state index in [1.54, 1.807) is 19.1 Å².